The Morgan fingerprint density at radius 1 is 1.36 bits per heavy atom. The molecular formula is C17H18N2O4S2. The van der Waals surface area contributed by atoms with Gasteiger partial charge in [0.25, 0.3) is 5.91 Å². The maximum Gasteiger partial charge on any atom is 0.352 e. The summed E-state index contributed by atoms with van der Waals surface area (Å²) in [6, 6.07) is 8.62. The van der Waals surface area contributed by atoms with Gasteiger partial charge >= 0.3 is 5.97 Å². The van der Waals surface area contributed by atoms with Crippen molar-refractivity contribution in [2.75, 3.05) is 17.8 Å². The number of amides is 2. The lowest BCUT2D eigenvalue weighted by atomic mass is 10.0. The molecule has 3 rings (SSSR count). The largest absolute Gasteiger partial charge is 0.477 e. The number of nitrogens with one attached hydrogen (secondary N) is 1. The number of aliphatic carboxylic acids is 1. The lowest BCUT2D eigenvalue weighted by Gasteiger charge is -2.49. The number of thioether (sulfide) groups is 2. The number of carbonyl (C=O) groups is 3. The second kappa shape index (κ2) is 7.53. The van der Waals surface area contributed by atoms with Crippen molar-refractivity contribution in [3.05, 3.63) is 47.2 Å². The highest BCUT2D eigenvalue weighted by Crippen LogP contribution is 2.40. The van der Waals surface area contributed by atoms with Gasteiger partial charge < -0.3 is 10.4 Å². The molecule has 1 aromatic carbocycles. The second-order valence-corrected chi connectivity index (χ2v) is 7.78. The van der Waals surface area contributed by atoms with Gasteiger partial charge in [-0.2, -0.15) is 11.8 Å². The van der Waals surface area contributed by atoms with Crippen LogP contribution in [-0.4, -0.2) is 57.0 Å². The quantitative estimate of drug-likeness (QED) is 0.727. The van der Waals surface area contributed by atoms with Crippen LogP contribution in [-0.2, 0) is 20.8 Å². The summed E-state index contributed by atoms with van der Waals surface area (Å²) in [4.78, 5) is 37.5. The second-order valence-electron chi connectivity index (χ2n) is 5.81. The van der Waals surface area contributed by atoms with Crippen molar-refractivity contribution in [2.24, 2.45) is 0 Å². The maximum atomic E-state index is 12.4. The van der Waals surface area contributed by atoms with Crippen LogP contribution in [0.1, 0.15) is 5.56 Å². The number of hydrogen-bond acceptors (Lipinski definition) is 5. The van der Waals surface area contributed by atoms with Crippen molar-refractivity contribution in [1.82, 2.24) is 10.2 Å². The minimum Gasteiger partial charge on any atom is -0.477 e. The molecule has 132 valence electrons. The number of carboxylic acids is 1. The molecule has 0 bridgehead atoms. The van der Waals surface area contributed by atoms with E-state index in [1.807, 2.05) is 36.6 Å². The van der Waals surface area contributed by atoms with E-state index >= 15 is 0 Å². The number of carbonyl (C=O) groups excluding carboxylic acids is 2. The molecule has 2 amide bonds. The van der Waals surface area contributed by atoms with E-state index in [0.29, 0.717) is 11.5 Å². The van der Waals surface area contributed by atoms with Crippen LogP contribution >= 0.6 is 23.5 Å². The van der Waals surface area contributed by atoms with Crippen molar-refractivity contribution in [2.45, 2.75) is 17.8 Å². The topological polar surface area (TPSA) is 86.7 Å². The summed E-state index contributed by atoms with van der Waals surface area (Å²) in [5, 5.41) is 11.9. The molecular weight excluding hydrogens is 360 g/mol. The monoisotopic (exact) mass is 378 g/mol. The zero-order chi connectivity index (χ0) is 18.0. The number of rotatable bonds is 6. The molecule has 2 aliphatic heterocycles. The third-order valence-electron chi connectivity index (χ3n) is 4.09. The summed E-state index contributed by atoms with van der Waals surface area (Å²) in [6.07, 6.45) is 2.09. The molecule has 2 heterocycles. The van der Waals surface area contributed by atoms with Gasteiger partial charge in [0.05, 0.1) is 6.42 Å². The Hall–Kier alpha value is -1.93. The fourth-order valence-electron chi connectivity index (χ4n) is 2.97. The van der Waals surface area contributed by atoms with Gasteiger partial charge in [0.1, 0.15) is 17.1 Å². The smallest absolute Gasteiger partial charge is 0.352 e. The first-order valence-corrected chi connectivity index (χ1v) is 10.2. The van der Waals surface area contributed by atoms with Crippen molar-refractivity contribution in [3.63, 3.8) is 0 Å². The molecule has 0 aliphatic carbocycles. The van der Waals surface area contributed by atoms with E-state index in [2.05, 4.69) is 5.32 Å². The minimum atomic E-state index is -1.09. The first kappa shape index (κ1) is 17.9. The fraction of sp³-hybridized carbons (Fsp3) is 0.353. The summed E-state index contributed by atoms with van der Waals surface area (Å²) in [6.45, 7) is 0. The van der Waals surface area contributed by atoms with Crippen LogP contribution in [0, 0.1) is 0 Å². The average Bonchev–Trinajstić information content (AvgIpc) is 2.60. The Morgan fingerprint density at radius 3 is 2.72 bits per heavy atom. The van der Waals surface area contributed by atoms with Crippen molar-refractivity contribution in [1.29, 1.82) is 0 Å². The number of benzene rings is 1. The van der Waals surface area contributed by atoms with Crippen molar-refractivity contribution < 1.29 is 19.5 Å². The van der Waals surface area contributed by atoms with E-state index < -0.39 is 12.0 Å². The zero-order valence-corrected chi connectivity index (χ0v) is 15.2. The fourth-order valence-corrected chi connectivity index (χ4v) is 5.04. The summed E-state index contributed by atoms with van der Waals surface area (Å²) in [5.74, 6) is -0.537. The lowest BCUT2D eigenvalue weighted by molar-refractivity contribution is -0.150. The van der Waals surface area contributed by atoms with Gasteiger partial charge in [0.15, 0.2) is 0 Å². The Kier molecular flexibility index (Phi) is 5.39. The summed E-state index contributed by atoms with van der Waals surface area (Å²) in [7, 11) is 0. The summed E-state index contributed by atoms with van der Waals surface area (Å²) >= 11 is 3.03. The van der Waals surface area contributed by atoms with Gasteiger partial charge in [-0.3, -0.25) is 14.5 Å². The lowest BCUT2D eigenvalue weighted by Crippen LogP contribution is -2.70. The first-order chi connectivity index (χ1) is 12.0. The average molecular weight is 378 g/mol. The Bertz CT molecular complexity index is 735. The Labute approximate surface area is 154 Å². The van der Waals surface area contributed by atoms with Gasteiger partial charge in [-0.1, -0.05) is 30.3 Å². The highest BCUT2D eigenvalue weighted by molar-refractivity contribution is 8.00. The Balaban J connectivity index is 1.69. The third kappa shape index (κ3) is 3.55. The summed E-state index contributed by atoms with van der Waals surface area (Å²) in [5.41, 5.74) is 1.70. The van der Waals surface area contributed by atoms with E-state index in [1.165, 1.54) is 28.4 Å². The minimum absolute atomic E-state index is 0.0802. The van der Waals surface area contributed by atoms with Crippen LogP contribution in [0.2, 0.25) is 0 Å². The molecule has 1 fully saturated rings. The normalized spacial score (nSPS) is 22.3. The first-order valence-electron chi connectivity index (χ1n) is 7.75. The van der Waals surface area contributed by atoms with Crippen LogP contribution in [0.25, 0.3) is 0 Å². The van der Waals surface area contributed by atoms with Gasteiger partial charge in [-0.25, -0.2) is 4.79 Å². The molecule has 6 nitrogen and oxygen atoms in total. The molecule has 2 aliphatic rings. The standard InChI is InChI=1S/C17H18N2O4S2/c1-24-8-11-9-25-16-13(15(21)19(16)14(11)17(22)23)18-12(20)7-10-5-3-2-4-6-10/h2-6,13,16H,7-9H2,1H3,(H,18,20)(H,22,23)/t13-,16+/m1/s1. The van der Waals surface area contributed by atoms with Gasteiger partial charge in [-0.15, -0.1) is 11.8 Å². The van der Waals surface area contributed by atoms with E-state index in [9.17, 15) is 19.5 Å². The van der Waals surface area contributed by atoms with E-state index in [-0.39, 0.29) is 29.3 Å². The van der Waals surface area contributed by atoms with Crippen LogP contribution < -0.4 is 5.32 Å². The van der Waals surface area contributed by atoms with Gasteiger partial charge in [-0.05, 0) is 17.4 Å². The molecule has 0 radical (unpaired) electrons. The van der Waals surface area contributed by atoms with Crippen LogP contribution in [0.15, 0.2) is 41.6 Å². The van der Waals surface area contributed by atoms with Gasteiger partial charge in [0, 0.05) is 11.5 Å². The zero-order valence-electron chi connectivity index (χ0n) is 13.6. The molecule has 0 aromatic heterocycles. The van der Waals surface area contributed by atoms with Crippen molar-refractivity contribution >= 4 is 41.3 Å². The van der Waals surface area contributed by atoms with Gasteiger partial charge in [0.2, 0.25) is 5.91 Å². The van der Waals surface area contributed by atoms with E-state index in [0.717, 1.165) is 11.1 Å². The predicted octanol–water partition coefficient (Wildman–Crippen LogP) is 1.33. The molecule has 0 saturated carbocycles. The molecule has 0 spiro atoms. The highest BCUT2D eigenvalue weighted by atomic mass is 32.2. The number of β-lactam (4-membered cyclic amide) rings is 1. The van der Waals surface area contributed by atoms with E-state index in [4.69, 9.17) is 0 Å². The molecule has 0 unspecified atom stereocenters. The van der Waals surface area contributed by atoms with Crippen LogP contribution in [0.3, 0.4) is 0 Å². The maximum absolute atomic E-state index is 12.4. The summed E-state index contributed by atoms with van der Waals surface area (Å²) < 4.78 is 0. The molecule has 1 aromatic rings. The molecule has 8 heteroatoms. The predicted molar refractivity (Wildman–Crippen MR) is 98.2 cm³/mol. The SMILES string of the molecule is CSCC1=C(C(=O)O)N2C(=O)[C@@H](NC(=O)Cc3ccccc3)[C@@H]2SC1. The van der Waals surface area contributed by atoms with Crippen LogP contribution in [0.4, 0.5) is 0 Å². The number of carboxylic acid groups (broad SMARTS) is 1. The molecule has 1 saturated heterocycles. The highest BCUT2D eigenvalue weighted by Gasteiger charge is 2.53. The van der Waals surface area contributed by atoms with E-state index in [1.54, 1.807) is 0 Å². The number of hydrogen-bond donors (Lipinski definition) is 2. The van der Waals surface area contributed by atoms with Crippen LogP contribution in [0.5, 0.6) is 0 Å². The van der Waals surface area contributed by atoms with Crippen molar-refractivity contribution in [3.8, 4) is 0 Å². The molecule has 25 heavy (non-hydrogen) atoms. The number of fused-ring (bicyclic) bond motifs is 1. The third-order valence-corrected chi connectivity index (χ3v) is 6.07. The molecule has 2 N–H and O–H groups in total. The Morgan fingerprint density at radius 2 is 2.08 bits per heavy atom. The molecule has 2 atom stereocenters. The number of nitrogens with zero attached hydrogens (tertiary/aromatic N) is 1.